The van der Waals surface area contributed by atoms with Gasteiger partial charge in [-0.25, -0.2) is 9.97 Å². The van der Waals surface area contributed by atoms with E-state index in [4.69, 9.17) is 11.6 Å². The fraction of sp³-hybridized carbons (Fsp3) is 0.312. The van der Waals surface area contributed by atoms with E-state index in [1.54, 1.807) is 12.4 Å². The Hall–Kier alpha value is -1.94. The molecule has 3 heterocycles. The summed E-state index contributed by atoms with van der Waals surface area (Å²) in [5.41, 5.74) is 4.01. The molecule has 3 rings (SSSR count). The molecule has 0 aliphatic rings. The molecule has 0 saturated heterocycles. The van der Waals surface area contributed by atoms with Crippen LogP contribution in [0.25, 0.3) is 11.2 Å². The maximum absolute atomic E-state index is 6.33. The quantitative estimate of drug-likeness (QED) is 0.686. The summed E-state index contributed by atoms with van der Waals surface area (Å²) >= 11 is 6.33. The van der Waals surface area contributed by atoms with E-state index >= 15 is 0 Å². The molecule has 0 aliphatic heterocycles. The molecule has 0 spiro atoms. The van der Waals surface area contributed by atoms with Crippen LogP contribution in [0.3, 0.4) is 0 Å². The third-order valence-electron chi connectivity index (χ3n) is 3.63. The van der Waals surface area contributed by atoms with Crippen LogP contribution in [0.4, 0.5) is 0 Å². The summed E-state index contributed by atoms with van der Waals surface area (Å²) in [5.74, 6) is 0.842. The van der Waals surface area contributed by atoms with Crippen LogP contribution < -0.4 is 0 Å². The number of fused-ring (bicyclic) bond motifs is 1. The largest absolute Gasteiger partial charge is 0.304 e. The molecule has 0 bridgehead atoms. The van der Waals surface area contributed by atoms with E-state index < -0.39 is 0 Å². The first-order chi connectivity index (χ1) is 10.1. The highest BCUT2D eigenvalue weighted by Crippen LogP contribution is 2.30. The van der Waals surface area contributed by atoms with E-state index in [2.05, 4.69) is 26.4 Å². The fourth-order valence-electron chi connectivity index (χ4n) is 2.55. The van der Waals surface area contributed by atoms with Gasteiger partial charge in [0.25, 0.3) is 0 Å². The highest BCUT2D eigenvalue weighted by Gasteiger charge is 2.21. The van der Waals surface area contributed by atoms with Gasteiger partial charge in [-0.15, -0.1) is 11.6 Å². The SMILES string of the molecule is Cc1cnc2c(c1)nc(C(C)Cl)n2C(C)c1ccncc1. The number of aromatic nitrogens is 4. The van der Waals surface area contributed by atoms with Crippen LogP contribution in [0, 0.1) is 6.92 Å². The molecular weight excluding hydrogens is 284 g/mol. The first-order valence-corrected chi connectivity index (χ1v) is 7.40. The van der Waals surface area contributed by atoms with E-state index in [-0.39, 0.29) is 11.4 Å². The number of hydrogen-bond donors (Lipinski definition) is 0. The average molecular weight is 301 g/mol. The molecule has 0 amide bonds. The lowest BCUT2D eigenvalue weighted by atomic mass is 10.1. The van der Waals surface area contributed by atoms with E-state index in [9.17, 15) is 0 Å². The van der Waals surface area contributed by atoms with Crippen molar-refractivity contribution in [2.24, 2.45) is 0 Å². The summed E-state index contributed by atoms with van der Waals surface area (Å²) in [5, 5.41) is -0.177. The normalized spacial score (nSPS) is 14.3. The first kappa shape index (κ1) is 14.0. The Morgan fingerprint density at radius 2 is 1.90 bits per heavy atom. The average Bonchev–Trinajstić information content (AvgIpc) is 2.86. The predicted octanol–water partition coefficient (Wildman–Crippen LogP) is 4.04. The molecule has 0 saturated carbocycles. The number of nitrogens with zero attached hydrogens (tertiary/aromatic N) is 4. The maximum Gasteiger partial charge on any atom is 0.160 e. The lowest BCUT2D eigenvalue weighted by Gasteiger charge is -2.18. The molecule has 2 unspecified atom stereocenters. The Balaban J connectivity index is 2.22. The van der Waals surface area contributed by atoms with E-state index in [0.717, 1.165) is 28.1 Å². The minimum absolute atomic E-state index is 0.101. The van der Waals surface area contributed by atoms with E-state index in [1.807, 2.05) is 38.2 Å². The predicted molar refractivity (Wildman–Crippen MR) is 84.6 cm³/mol. The zero-order valence-electron chi connectivity index (χ0n) is 12.3. The molecule has 108 valence electrons. The Bertz CT molecular complexity index is 765. The van der Waals surface area contributed by atoms with E-state index in [0.29, 0.717) is 0 Å². The van der Waals surface area contributed by atoms with Crippen molar-refractivity contribution in [3.8, 4) is 0 Å². The van der Waals surface area contributed by atoms with Gasteiger partial charge in [0.05, 0.1) is 11.4 Å². The Kier molecular flexibility index (Phi) is 3.64. The molecule has 2 atom stereocenters. The van der Waals surface area contributed by atoms with Gasteiger partial charge in [-0.3, -0.25) is 4.98 Å². The van der Waals surface area contributed by atoms with Crippen molar-refractivity contribution in [3.63, 3.8) is 0 Å². The van der Waals surface area contributed by atoms with Crippen LogP contribution in [0.15, 0.2) is 36.8 Å². The van der Waals surface area contributed by atoms with Crippen molar-refractivity contribution < 1.29 is 0 Å². The van der Waals surface area contributed by atoms with Gasteiger partial charge in [0.2, 0.25) is 0 Å². The molecule has 0 fully saturated rings. The summed E-state index contributed by atoms with van der Waals surface area (Å²) in [6, 6.07) is 6.16. The summed E-state index contributed by atoms with van der Waals surface area (Å²) < 4.78 is 2.11. The van der Waals surface area contributed by atoms with Gasteiger partial charge in [-0.2, -0.15) is 0 Å². The molecule has 0 aromatic carbocycles. The van der Waals surface area contributed by atoms with Crippen molar-refractivity contribution in [2.45, 2.75) is 32.2 Å². The van der Waals surface area contributed by atoms with Gasteiger partial charge < -0.3 is 4.57 Å². The van der Waals surface area contributed by atoms with Gasteiger partial charge in [-0.05, 0) is 50.1 Å². The first-order valence-electron chi connectivity index (χ1n) is 6.96. The van der Waals surface area contributed by atoms with Crippen molar-refractivity contribution >= 4 is 22.8 Å². The lowest BCUT2D eigenvalue weighted by Crippen LogP contribution is -2.12. The third kappa shape index (κ3) is 2.51. The number of halogens is 1. The molecular formula is C16H17ClN4. The second-order valence-corrected chi connectivity index (χ2v) is 5.92. The van der Waals surface area contributed by atoms with Gasteiger partial charge in [0.1, 0.15) is 11.3 Å². The Morgan fingerprint density at radius 3 is 2.57 bits per heavy atom. The number of alkyl halides is 1. The molecule has 3 aromatic rings. The minimum Gasteiger partial charge on any atom is -0.304 e. The Morgan fingerprint density at radius 1 is 1.19 bits per heavy atom. The fourth-order valence-corrected chi connectivity index (χ4v) is 2.71. The third-order valence-corrected chi connectivity index (χ3v) is 3.82. The van der Waals surface area contributed by atoms with Crippen LogP contribution in [-0.2, 0) is 0 Å². The van der Waals surface area contributed by atoms with Crippen LogP contribution in [-0.4, -0.2) is 19.5 Å². The molecule has 5 heteroatoms. The number of aryl methyl sites for hydroxylation is 1. The highest BCUT2D eigenvalue weighted by molar-refractivity contribution is 6.20. The monoisotopic (exact) mass is 300 g/mol. The zero-order valence-corrected chi connectivity index (χ0v) is 13.0. The number of imidazole rings is 1. The second kappa shape index (κ2) is 5.45. The van der Waals surface area contributed by atoms with Gasteiger partial charge in [-0.1, -0.05) is 0 Å². The standard InChI is InChI=1S/C16H17ClN4/c1-10-8-14-16(19-9-10)21(15(20-14)11(2)17)12(3)13-4-6-18-7-5-13/h4-9,11-12H,1-3H3. The summed E-state index contributed by atoms with van der Waals surface area (Å²) in [6.07, 6.45) is 5.46. The topological polar surface area (TPSA) is 43.6 Å². The smallest absolute Gasteiger partial charge is 0.160 e. The maximum atomic E-state index is 6.33. The number of pyridine rings is 2. The van der Waals surface area contributed by atoms with Gasteiger partial charge >= 0.3 is 0 Å². The highest BCUT2D eigenvalue weighted by atomic mass is 35.5. The van der Waals surface area contributed by atoms with Crippen molar-refractivity contribution in [1.29, 1.82) is 0 Å². The molecule has 0 radical (unpaired) electrons. The second-order valence-electron chi connectivity index (χ2n) is 5.27. The van der Waals surface area contributed by atoms with Crippen LogP contribution in [0.5, 0.6) is 0 Å². The van der Waals surface area contributed by atoms with Gasteiger partial charge in [0.15, 0.2) is 5.65 Å². The van der Waals surface area contributed by atoms with Crippen LogP contribution in [0.2, 0.25) is 0 Å². The zero-order chi connectivity index (χ0) is 15.0. The molecule has 0 N–H and O–H groups in total. The van der Waals surface area contributed by atoms with Crippen molar-refractivity contribution in [3.05, 3.63) is 53.7 Å². The number of hydrogen-bond acceptors (Lipinski definition) is 3. The van der Waals surface area contributed by atoms with Gasteiger partial charge in [0, 0.05) is 18.6 Å². The molecule has 21 heavy (non-hydrogen) atoms. The minimum atomic E-state index is -0.177. The molecule has 3 aromatic heterocycles. The Labute approximate surface area is 128 Å². The van der Waals surface area contributed by atoms with Crippen LogP contribution >= 0.6 is 11.6 Å². The lowest BCUT2D eigenvalue weighted by molar-refractivity contribution is 0.613. The summed E-state index contributed by atoms with van der Waals surface area (Å²) in [6.45, 7) is 6.08. The molecule has 0 aliphatic carbocycles. The summed E-state index contributed by atoms with van der Waals surface area (Å²) in [7, 11) is 0. The van der Waals surface area contributed by atoms with Crippen molar-refractivity contribution in [2.75, 3.05) is 0 Å². The van der Waals surface area contributed by atoms with E-state index in [1.165, 1.54) is 0 Å². The molecule has 4 nitrogen and oxygen atoms in total. The number of rotatable bonds is 3. The summed E-state index contributed by atoms with van der Waals surface area (Å²) in [4.78, 5) is 13.3. The van der Waals surface area contributed by atoms with Crippen molar-refractivity contribution in [1.82, 2.24) is 19.5 Å². The van der Waals surface area contributed by atoms with Crippen LogP contribution in [0.1, 0.15) is 42.2 Å².